The Morgan fingerprint density at radius 3 is 2.70 bits per heavy atom. The molecule has 0 atom stereocenters. The average Bonchev–Trinajstić information content (AvgIpc) is 2.99. The second kappa shape index (κ2) is 4.80. The molecule has 0 aliphatic rings. The summed E-state index contributed by atoms with van der Waals surface area (Å²) in [5.41, 5.74) is 7.06. The summed E-state index contributed by atoms with van der Waals surface area (Å²) in [6, 6.07) is 0. The third kappa shape index (κ3) is 2.04. The molecule has 0 aliphatic carbocycles. The van der Waals surface area contributed by atoms with E-state index in [0.717, 1.165) is 12.1 Å². The van der Waals surface area contributed by atoms with Crippen molar-refractivity contribution in [1.82, 2.24) is 28.7 Å². The number of imidazole rings is 2. The van der Waals surface area contributed by atoms with Gasteiger partial charge >= 0.3 is 5.69 Å². The van der Waals surface area contributed by atoms with E-state index in [-0.39, 0.29) is 5.69 Å². The molecule has 0 unspecified atom stereocenters. The van der Waals surface area contributed by atoms with Gasteiger partial charge in [0.25, 0.3) is 0 Å². The van der Waals surface area contributed by atoms with Gasteiger partial charge in [-0.15, -0.1) is 0 Å². The molecule has 8 heteroatoms. The minimum atomic E-state index is -0.00735. The highest BCUT2D eigenvalue weighted by Crippen LogP contribution is 2.14. The number of aryl methyl sites for hydroxylation is 3. The maximum absolute atomic E-state index is 11.7. The van der Waals surface area contributed by atoms with Gasteiger partial charge in [0.2, 0.25) is 0 Å². The molecular formula is C12H15N7O. The number of aromatic nitrogens is 6. The van der Waals surface area contributed by atoms with Crippen molar-refractivity contribution in [3.8, 4) is 0 Å². The highest BCUT2D eigenvalue weighted by molar-refractivity contribution is 5.80. The van der Waals surface area contributed by atoms with Gasteiger partial charge in [0.15, 0.2) is 11.5 Å². The number of rotatable bonds is 4. The van der Waals surface area contributed by atoms with Crippen LogP contribution in [0, 0.1) is 0 Å². The molecule has 0 aliphatic heterocycles. The third-order valence-electron chi connectivity index (χ3n) is 3.25. The van der Waals surface area contributed by atoms with Gasteiger partial charge in [0.05, 0.1) is 6.33 Å². The van der Waals surface area contributed by atoms with Crippen molar-refractivity contribution in [3.63, 3.8) is 0 Å². The van der Waals surface area contributed by atoms with Crippen LogP contribution in [0.25, 0.3) is 11.2 Å². The van der Waals surface area contributed by atoms with Crippen LogP contribution in [0.2, 0.25) is 0 Å². The lowest BCUT2D eigenvalue weighted by molar-refractivity contribution is 0.553. The van der Waals surface area contributed by atoms with Gasteiger partial charge in [-0.05, 0) is 6.42 Å². The molecule has 2 N–H and O–H groups in total. The third-order valence-corrected chi connectivity index (χ3v) is 3.25. The molecule has 3 aromatic rings. The smallest absolute Gasteiger partial charge is 0.327 e. The number of fused-ring (bicyclic) bond motifs is 1. The number of nitrogens with two attached hydrogens (primary N) is 1. The van der Waals surface area contributed by atoms with Crippen LogP contribution in [0.3, 0.4) is 0 Å². The SMILES string of the molecule is Cn1ccn(CCCn2cnc3c(N)ncnc32)c1=O. The van der Waals surface area contributed by atoms with Gasteiger partial charge in [0, 0.05) is 32.5 Å². The summed E-state index contributed by atoms with van der Waals surface area (Å²) in [6.07, 6.45) is 7.47. The molecular weight excluding hydrogens is 258 g/mol. The Hall–Kier alpha value is -2.64. The highest BCUT2D eigenvalue weighted by atomic mass is 16.1. The Morgan fingerprint density at radius 2 is 1.95 bits per heavy atom. The molecule has 0 aromatic carbocycles. The van der Waals surface area contributed by atoms with Crippen LogP contribution < -0.4 is 11.4 Å². The van der Waals surface area contributed by atoms with Crippen molar-refractivity contribution in [1.29, 1.82) is 0 Å². The summed E-state index contributed by atoms with van der Waals surface area (Å²) in [6.45, 7) is 1.37. The Balaban J connectivity index is 1.73. The summed E-state index contributed by atoms with van der Waals surface area (Å²) in [7, 11) is 1.74. The van der Waals surface area contributed by atoms with Crippen molar-refractivity contribution in [2.24, 2.45) is 7.05 Å². The summed E-state index contributed by atoms with van der Waals surface area (Å²) < 4.78 is 5.16. The fourth-order valence-corrected chi connectivity index (χ4v) is 2.15. The quantitative estimate of drug-likeness (QED) is 0.721. The van der Waals surface area contributed by atoms with Crippen molar-refractivity contribution in [2.45, 2.75) is 19.5 Å². The number of hydrogen-bond acceptors (Lipinski definition) is 5. The normalized spacial score (nSPS) is 11.2. The molecule has 20 heavy (non-hydrogen) atoms. The Labute approximate surface area is 114 Å². The van der Waals surface area contributed by atoms with Crippen LogP contribution in [0.4, 0.5) is 5.82 Å². The van der Waals surface area contributed by atoms with E-state index < -0.39 is 0 Å². The van der Waals surface area contributed by atoms with E-state index in [4.69, 9.17) is 5.73 Å². The molecule has 0 bridgehead atoms. The van der Waals surface area contributed by atoms with E-state index in [1.165, 1.54) is 6.33 Å². The van der Waals surface area contributed by atoms with Crippen molar-refractivity contribution in [2.75, 3.05) is 5.73 Å². The molecule has 0 fully saturated rings. The fourth-order valence-electron chi connectivity index (χ4n) is 2.15. The molecule has 0 saturated heterocycles. The summed E-state index contributed by atoms with van der Waals surface area (Å²) in [5, 5.41) is 0. The van der Waals surface area contributed by atoms with Gasteiger partial charge in [-0.1, -0.05) is 0 Å². The van der Waals surface area contributed by atoms with Crippen LogP contribution in [0.15, 0.2) is 29.8 Å². The van der Waals surface area contributed by atoms with Gasteiger partial charge in [-0.3, -0.25) is 4.57 Å². The van der Waals surface area contributed by atoms with Gasteiger partial charge in [-0.25, -0.2) is 19.7 Å². The lowest BCUT2D eigenvalue weighted by Crippen LogP contribution is -2.22. The average molecular weight is 273 g/mol. The molecule has 0 saturated carbocycles. The summed E-state index contributed by atoms with van der Waals surface area (Å²) >= 11 is 0. The van der Waals surface area contributed by atoms with Crippen LogP contribution in [-0.4, -0.2) is 28.7 Å². The second-order valence-corrected chi connectivity index (χ2v) is 4.61. The molecule has 3 heterocycles. The van der Waals surface area contributed by atoms with Crippen molar-refractivity contribution in [3.05, 3.63) is 35.5 Å². The number of nitrogens with zero attached hydrogens (tertiary/aromatic N) is 6. The van der Waals surface area contributed by atoms with Gasteiger partial charge in [-0.2, -0.15) is 0 Å². The molecule has 3 aromatic heterocycles. The summed E-state index contributed by atoms with van der Waals surface area (Å²) in [4.78, 5) is 24.0. The minimum absolute atomic E-state index is 0.00735. The molecule has 0 radical (unpaired) electrons. The highest BCUT2D eigenvalue weighted by Gasteiger charge is 2.07. The maximum Gasteiger partial charge on any atom is 0.327 e. The van der Waals surface area contributed by atoms with E-state index in [0.29, 0.717) is 24.4 Å². The minimum Gasteiger partial charge on any atom is -0.382 e. The molecule has 8 nitrogen and oxygen atoms in total. The first-order valence-electron chi connectivity index (χ1n) is 6.30. The zero-order valence-electron chi connectivity index (χ0n) is 11.1. The van der Waals surface area contributed by atoms with E-state index >= 15 is 0 Å². The second-order valence-electron chi connectivity index (χ2n) is 4.61. The van der Waals surface area contributed by atoms with Crippen molar-refractivity contribution < 1.29 is 0 Å². The van der Waals surface area contributed by atoms with Gasteiger partial charge < -0.3 is 14.9 Å². The van der Waals surface area contributed by atoms with E-state index in [1.54, 1.807) is 34.9 Å². The Morgan fingerprint density at radius 1 is 1.15 bits per heavy atom. The molecule has 0 amide bonds. The van der Waals surface area contributed by atoms with E-state index in [1.807, 2.05) is 4.57 Å². The largest absolute Gasteiger partial charge is 0.382 e. The Bertz CT molecular complexity index is 798. The van der Waals surface area contributed by atoms with Crippen LogP contribution >= 0.6 is 0 Å². The lowest BCUT2D eigenvalue weighted by Gasteiger charge is -2.04. The van der Waals surface area contributed by atoms with Crippen LogP contribution in [0.5, 0.6) is 0 Å². The number of hydrogen-bond donors (Lipinski definition) is 1. The topological polar surface area (TPSA) is 96.6 Å². The first-order chi connectivity index (χ1) is 9.66. The van der Waals surface area contributed by atoms with E-state index in [2.05, 4.69) is 15.0 Å². The molecule has 3 rings (SSSR count). The van der Waals surface area contributed by atoms with Crippen LogP contribution in [-0.2, 0) is 20.1 Å². The summed E-state index contributed by atoms with van der Waals surface area (Å²) in [5.74, 6) is 0.382. The number of nitrogen functional groups attached to an aromatic ring is 1. The van der Waals surface area contributed by atoms with Crippen molar-refractivity contribution >= 4 is 17.0 Å². The zero-order chi connectivity index (χ0) is 14.1. The monoisotopic (exact) mass is 273 g/mol. The van der Waals surface area contributed by atoms with E-state index in [9.17, 15) is 4.79 Å². The van der Waals surface area contributed by atoms with Crippen LogP contribution in [0.1, 0.15) is 6.42 Å². The predicted molar refractivity (Wildman–Crippen MR) is 74.0 cm³/mol. The molecule has 104 valence electrons. The predicted octanol–water partition coefficient (Wildman–Crippen LogP) is -0.00100. The lowest BCUT2D eigenvalue weighted by atomic mass is 10.4. The standard InChI is InChI=1S/C12H15N7O/c1-17-5-6-18(12(17)20)3-2-4-19-8-16-9-10(13)14-7-15-11(9)19/h5-8H,2-4H2,1H3,(H2,13,14,15). The Kier molecular flexibility index (Phi) is 2.97. The zero-order valence-corrected chi connectivity index (χ0v) is 11.1. The van der Waals surface area contributed by atoms with Gasteiger partial charge in [0.1, 0.15) is 11.8 Å². The number of anilines is 1. The maximum atomic E-state index is 11.7. The molecule has 0 spiro atoms. The fraction of sp³-hybridized carbons (Fsp3) is 0.333. The first kappa shape index (κ1) is 12.4. The first-order valence-corrected chi connectivity index (χ1v) is 6.30.